The van der Waals surface area contributed by atoms with Crippen LogP contribution in [0.3, 0.4) is 0 Å². The van der Waals surface area contributed by atoms with E-state index in [1.807, 2.05) is 5.38 Å². The third kappa shape index (κ3) is 4.31. The van der Waals surface area contributed by atoms with Crippen molar-refractivity contribution in [3.05, 3.63) is 85.5 Å². The lowest BCUT2D eigenvalue weighted by atomic mass is 10.0. The van der Waals surface area contributed by atoms with E-state index in [2.05, 4.69) is 4.98 Å². The van der Waals surface area contributed by atoms with Crippen molar-refractivity contribution < 1.29 is 24.7 Å². The van der Waals surface area contributed by atoms with Crippen molar-refractivity contribution in [3.63, 3.8) is 0 Å². The zero-order valence-corrected chi connectivity index (χ0v) is 19.3. The number of benzene rings is 2. The molecule has 0 aliphatic rings. The first-order chi connectivity index (χ1) is 16.4. The molecular weight excluding hydrogens is 482 g/mol. The fraction of sp³-hybridized carbons (Fsp3) is 0.130. The Morgan fingerprint density at radius 1 is 1.29 bits per heavy atom. The number of carbonyl (C=O) groups excluding carboxylic acids is 1. The van der Waals surface area contributed by atoms with E-state index < -0.39 is 4.92 Å². The molecule has 0 aliphatic carbocycles. The normalized spacial score (nSPS) is 11.4. The smallest absolute Gasteiger partial charge is 0.288 e. The van der Waals surface area contributed by atoms with Gasteiger partial charge in [-0.3, -0.25) is 19.3 Å². The van der Waals surface area contributed by atoms with Gasteiger partial charge in [0.05, 0.1) is 36.6 Å². The number of aliphatic hydroxyl groups excluding tert-OH is 2. The summed E-state index contributed by atoms with van der Waals surface area (Å²) >= 11 is 7.33. The third-order valence-electron chi connectivity index (χ3n) is 5.24. The molecule has 0 amide bonds. The van der Waals surface area contributed by atoms with Crippen molar-refractivity contribution in [1.29, 1.82) is 0 Å². The van der Waals surface area contributed by atoms with Gasteiger partial charge < -0.3 is 14.9 Å². The van der Waals surface area contributed by atoms with Crippen molar-refractivity contribution in [3.8, 4) is 17.0 Å². The maximum Gasteiger partial charge on any atom is 0.288 e. The summed E-state index contributed by atoms with van der Waals surface area (Å²) in [7, 11) is 1.41. The molecule has 0 radical (unpaired) electrons. The second-order valence-corrected chi connectivity index (χ2v) is 8.43. The van der Waals surface area contributed by atoms with E-state index in [4.69, 9.17) is 16.3 Å². The molecule has 0 atom stereocenters. The van der Waals surface area contributed by atoms with E-state index in [0.717, 1.165) is 0 Å². The molecule has 2 N–H and O–H groups in total. The predicted octanol–water partition coefficient (Wildman–Crippen LogP) is 4.51. The highest BCUT2D eigenvalue weighted by atomic mass is 35.5. The molecular formula is C23H18ClN3O6S. The summed E-state index contributed by atoms with van der Waals surface area (Å²) < 4.78 is 7.03. The van der Waals surface area contributed by atoms with E-state index in [1.165, 1.54) is 48.8 Å². The second-order valence-electron chi connectivity index (χ2n) is 7.15. The van der Waals surface area contributed by atoms with E-state index >= 15 is 0 Å². The molecule has 2 aromatic heterocycles. The van der Waals surface area contributed by atoms with Crippen LogP contribution in [0.2, 0.25) is 5.02 Å². The molecule has 174 valence electrons. The van der Waals surface area contributed by atoms with Crippen LogP contribution in [0, 0.1) is 10.1 Å². The van der Waals surface area contributed by atoms with Crippen LogP contribution in [0.5, 0.6) is 5.75 Å². The number of nitrogens with zero attached hydrogens (tertiary/aromatic N) is 3. The van der Waals surface area contributed by atoms with Gasteiger partial charge in [-0.15, -0.1) is 11.3 Å². The first-order valence-corrected chi connectivity index (χ1v) is 11.2. The lowest BCUT2D eigenvalue weighted by molar-refractivity contribution is -0.384. The number of hydrogen-bond donors (Lipinski definition) is 2. The number of aromatic nitrogens is 2. The summed E-state index contributed by atoms with van der Waals surface area (Å²) in [5.74, 6) is -0.0692. The molecule has 0 saturated heterocycles. The Morgan fingerprint density at radius 3 is 2.76 bits per heavy atom. The molecule has 4 aromatic rings. The van der Waals surface area contributed by atoms with Crippen LogP contribution < -0.4 is 4.74 Å². The van der Waals surface area contributed by atoms with Gasteiger partial charge in [-0.25, -0.2) is 4.98 Å². The Labute approximate surface area is 202 Å². The Morgan fingerprint density at radius 2 is 2.09 bits per heavy atom. The summed E-state index contributed by atoms with van der Waals surface area (Å²) in [5.41, 5.74) is 2.32. The molecule has 34 heavy (non-hydrogen) atoms. The molecule has 0 unspecified atom stereocenters. The van der Waals surface area contributed by atoms with Crippen molar-refractivity contribution in [1.82, 2.24) is 9.38 Å². The fourth-order valence-corrected chi connectivity index (χ4v) is 4.48. The lowest BCUT2D eigenvalue weighted by Crippen LogP contribution is -2.04. The van der Waals surface area contributed by atoms with Gasteiger partial charge in [-0.05, 0) is 35.9 Å². The third-order valence-corrected chi connectivity index (χ3v) is 6.32. The van der Waals surface area contributed by atoms with Crippen molar-refractivity contribution in [2.24, 2.45) is 0 Å². The number of halogens is 1. The fourth-order valence-electron chi connectivity index (χ4n) is 3.57. The number of nitro groups is 1. The number of methoxy groups -OCH3 is 1. The van der Waals surface area contributed by atoms with E-state index in [-0.39, 0.29) is 35.3 Å². The topological polar surface area (TPSA) is 127 Å². The summed E-state index contributed by atoms with van der Waals surface area (Å²) in [5, 5.41) is 32.4. The number of thiazole rings is 1. The van der Waals surface area contributed by atoms with Crippen molar-refractivity contribution >= 4 is 45.4 Å². The monoisotopic (exact) mass is 499 g/mol. The molecule has 0 saturated carbocycles. The predicted molar refractivity (Wildman–Crippen MR) is 128 cm³/mol. The molecule has 4 rings (SSSR count). The molecule has 2 heterocycles. The number of carbonyl (C=O) groups is 1. The zero-order chi connectivity index (χ0) is 24.4. The number of aliphatic hydroxyl groups is 2. The average molecular weight is 500 g/mol. The van der Waals surface area contributed by atoms with Gasteiger partial charge in [0.2, 0.25) is 0 Å². The number of hydrogen-bond acceptors (Lipinski definition) is 8. The quantitative estimate of drug-likeness (QED) is 0.158. The molecule has 0 fully saturated rings. The number of ketones is 1. The highest BCUT2D eigenvalue weighted by Crippen LogP contribution is 2.33. The Hall–Kier alpha value is -3.57. The minimum atomic E-state index is -0.564. The number of nitro benzene ring substituents is 1. The van der Waals surface area contributed by atoms with Crippen LogP contribution in [-0.4, -0.2) is 37.4 Å². The molecule has 9 nitrogen and oxygen atoms in total. The summed E-state index contributed by atoms with van der Waals surface area (Å²) in [6.07, 6.45) is 4.72. The highest BCUT2D eigenvalue weighted by molar-refractivity contribution is 7.15. The second kappa shape index (κ2) is 9.74. The maximum absolute atomic E-state index is 13.0. The Balaban J connectivity index is 1.77. The van der Waals surface area contributed by atoms with Crippen LogP contribution in [0.1, 0.15) is 27.2 Å². The highest BCUT2D eigenvalue weighted by Gasteiger charge is 2.19. The molecule has 2 aromatic carbocycles. The van der Waals surface area contributed by atoms with Gasteiger partial charge in [-0.2, -0.15) is 0 Å². The Bertz CT molecular complexity index is 1420. The summed E-state index contributed by atoms with van der Waals surface area (Å²) in [6, 6.07) is 7.41. The number of imidazole rings is 1. The van der Waals surface area contributed by atoms with Crippen LogP contribution in [-0.2, 0) is 13.2 Å². The number of allylic oxidation sites excluding steroid dienone is 1. The van der Waals surface area contributed by atoms with Crippen molar-refractivity contribution in [2.75, 3.05) is 7.11 Å². The minimum absolute atomic E-state index is 0.0157. The van der Waals surface area contributed by atoms with Gasteiger partial charge in [-0.1, -0.05) is 17.7 Å². The first kappa shape index (κ1) is 23.6. The summed E-state index contributed by atoms with van der Waals surface area (Å²) in [6.45, 7) is -0.708. The van der Waals surface area contributed by atoms with Gasteiger partial charge in [0, 0.05) is 34.3 Å². The van der Waals surface area contributed by atoms with E-state index in [0.29, 0.717) is 38.8 Å². The van der Waals surface area contributed by atoms with Gasteiger partial charge in [0.25, 0.3) is 5.69 Å². The zero-order valence-electron chi connectivity index (χ0n) is 17.8. The van der Waals surface area contributed by atoms with E-state index in [1.54, 1.807) is 22.7 Å². The first-order valence-electron chi connectivity index (χ1n) is 9.91. The number of rotatable bonds is 8. The van der Waals surface area contributed by atoms with Crippen LogP contribution in [0.15, 0.2) is 48.0 Å². The van der Waals surface area contributed by atoms with Gasteiger partial charge >= 0.3 is 0 Å². The van der Waals surface area contributed by atoms with Crippen LogP contribution in [0.4, 0.5) is 5.69 Å². The van der Waals surface area contributed by atoms with Crippen LogP contribution in [0.25, 0.3) is 22.3 Å². The van der Waals surface area contributed by atoms with E-state index in [9.17, 15) is 25.1 Å². The molecule has 11 heteroatoms. The van der Waals surface area contributed by atoms with Crippen molar-refractivity contribution in [2.45, 2.75) is 13.2 Å². The SMILES string of the molecule is COc1cc(C(=O)/C=C/c2c(-c3ccc(Cl)c([N+](=O)[O-])c3)nc3sccn23)cc(CO)c1CO. The molecule has 0 spiro atoms. The standard InChI is InChI=1S/C23H18ClN3O6S/c1-33-21-10-14(8-15(11-28)16(21)12-29)20(30)5-4-18-22(25-23-26(18)6-7-34-23)13-2-3-17(24)19(9-13)27(31)32/h2-10,28-29H,11-12H2,1H3/b5-4+. The lowest BCUT2D eigenvalue weighted by Gasteiger charge is -2.12. The average Bonchev–Trinajstić information content (AvgIpc) is 3.43. The van der Waals surface area contributed by atoms with Gasteiger partial charge in [0.15, 0.2) is 10.7 Å². The largest absolute Gasteiger partial charge is 0.496 e. The minimum Gasteiger partial charge on any atom is -0.496 e. The Kier molecular flexibility index (Phi) is 6.75. The summed E-state index contributed by atoms with van der Waals surface area (Å²) in [4.78, 5) is 29.0. The maximum atomic E-state index is 13.0. The van der Waals surface area contributed by atoms with Crippen LogP contribution >= 0.6 is 22.9 Å². The molecule has 0 bridgehead atoms. The number of ether oxygens (including phenoxy) is 1. The number of fused-ring (bicyclic) bond motifs is 1. The van der Waals surface area contributed by atoms with Gasteiger partial charge in [0.1, 0.15) is 10.8 Å². The molecule has 0 aliphatic heterocycles.